The van der Waals surface area contributed by atoms with Crippen molar-refractivity contribution in [2.45, 2.75) is 13.8 Å². The van der Waals surface area contributed by atoms with Crippen molar-refractivity contribution in [1.29, 1.82) is 0 Å². The maximum Gasteiger partial charge on any atom is 0.104 e. The fraction of sp³-hybridized carbons (Fsp3) is 0.133. The number of hydrogen-bond donors (Lipinski definition) is 2. The van der Waals surface area contributed by atoms with Crippen molar-refractivity contribution in [3.8, 4) is 0 Å². The third kappa shape index (κ3) is 3.32. The number of aryl methyl sites for hydroxylation is 2. The van der Waals surface area contributed by atoms with Crippen LogP contribution in [0.3, 0.4) is 0 Å². The molecule has 0 heterocycles. The summed E-state index contributed by atoms with van der Waals surface area (Å²) in [4.78, 5) is 0.411. The molecule has 0 aromatic heterocycles. The van der Waals surface area contributed by atoms with Crippen molar-refractivity contribution < 1.29 is 0 Å². The molecule has 3 N–H and O–H groups in total. The quantitative estimate of drug-likeness (QED) is 0.739. The Bertz CT molecular complexity index is 686. The molecule has 5 heteroatoms. The summed E-state index contributed by atoms with van der Waals surface area (Å²) >= 11 is 14.7. The summed E-state index contributed by atoms with van der Waals surface area (Å²) in [5.41, 5.74) is 10.5. The Kier molecular flexibility index (Phi) is 4.68. The molecule has 2 aromatic carbocycles. The number of halogens is 2. The van der Waals surface area contributed by atoms with Crippen molar-refractivity contribution in [2.75, 3.05) is 5.32 Å². The molecule has 0 spiro atoms. The number of rotatable bonds is 3. The summed E-state index contributed by atoms with van der Waals surface area (Å²) in [6.45, 7) is 3.95. The van der Waals surface area contributed by atoms with Crippen LogP contribution in [0.1, 0.15) is 16.7 Å². The maximum absolute atomic E-state index is 6.16. The van der Waals surface area contributed by atoms with E-state index >= 15 is 0 Å². The zero-order chi connectivity index (χ0) is 14.9. The lowest BCUT2D eigenvalue weighted by atomic mass is 10.1. The van der Waals surface area contributed by atoms with Crippen LogP contribution in [0.25, 0.3) is 0 Å². The van der Waals surface area contributed by atoms with Gasteiger partial charge < -0.3 is 11.1 Å². The summed E-state index contributed by atoms with van der Waals surface area (Å²) in [5.74, 6) is 0. The van der Waals surface area contributed by atoms with E-state index in [1.54, 1.807) is 0 Å². The monoisotopic (exact) mass is 368 g/mol. The van der Waals surface area contributed by atoms with E-state index < -0.39 is 0 Å². The van der Waals surface area contributed by atoms with Gasteiger partial charge in [0.25, 0.3) is 0 Å². The third-order valence-corrected chi connectivity index (χ3v) is 4.30. The van der Waals surface area contributed by atoms with Crippen LogP contribution in [0.4, 0.5) is 11.4 Å². The van der Waals surface area contributed by atoms with Gasteiger partial charge in [-0.25, -0.2) is 0 Å². The van der Waals surface area contributed by atoms with E-state index in [0.29, 0.717) is 4.99 Å². The molecule has 0 unspecified atom stereocenters. The van der Waals surface area contributed by atoms with Gasteiger partial charge in [0.15, 0.2) is 0 Å². The number of anilines is 2. The van der Waals surface area contributed by atoms with Crippen molar-refractivity contribution in [2.24, 2.45) is 5.73 Å². The highest BCUT2D eigenvalue weighted by Gasteiger charge is 2.07. The van der Waals surface area contributed by atoms with E-state index in [1.165, 1.54) is 0 Å². The Morgan fingerprint density at radius 1 is 1.20 bits per heavy atom. The molecule has 0 aliphatic rings. The van der Waals surface area contributed by atoms with Crippen molar-refractivity contribution >= 4 is 56.1 Å². The largest absolute Gasteiger partial charge is 0.389 e. The fourth-order valence-electron chi connectivity index (χ4n) is 1.92. The maximum atomic E-state index is 6.16. The summed E-state index contributed by atoms with van der Waals surface area (Å²) in [5, 5.41) is 4.06. The minimum absolute atomic E-state index is 0.411. The van der Waals surface area contributed by atoms with Gasteiger partial charge in [-0.1, -0.05) is 23.8 Å². The molecule has 104 valence electrons. The molecule has 0 atom stereocenters. The second-order valence-electron chi connectivity index (χ2n) is 4.60. The predicted molar refractivity (Wildman–Crippen MR) is 94.2 cm³/mol. The molecule has 0 amide bonds. The molecule has 2 rings (SSSR count). The Labute approximate surface area is 137 Å². The lowest BCUT2D eigenvalue weighted by Crippen LogP contribution is -2.11. The molecular weight excluding hydrogens is 356 g/mol. The molecule has 20 heavy (non-hydrogen) atoms. The van der Waals surface area contributed by atoms with Crippen molar-refractivity contribution in [3.05, 3.63) is 56.5 Å². The molecule has 0 aliphatic heterocycles. The van der Waals surface area contributed by atoms with E-state index in [-0.39, 0.29) is 0 Å². The molecule has 0 saturated heterocycles. The van der Waals surface area contributed by atoms with Gasteiger partial charge in [0, 0.05) is 20.7 Å². The van der Waals surface area contributed by atoms with Crippen molar-refractivity contribution in [1.82, 2.24) is 0 Å². The number of nitrogens with two attached hydrogens (primary N) is 1. The summed E-state index contributed by atoms with van der Waals surface area (Å²) in [7, 11) is 0. The van der Waals surface area contributed by atoms with Crippen LogP contribution in [0.2, 0.25) is 5.02 Å². The molecule has 0 aliphatic carbocycles. The molecule has 0 saturated carbocycles. The Balaban J connectivity index is 2.33. The van der Waals surface area contributed by atoms with Crippen LogP contribution in [0.15, 0.2) is 34.8 Å². The zero-order valence-electron chi connectivity index (χ0n) is 11.1. The third-order valence-electron chi connectivity index (χ3n) is 3.02. The first-order valence-corrected chi connectivity index (χ1v) is 7.59. The van der Waals surface area contributed by atoms with Crippen LogP contribution in [-0.4, -0.2) is 4.99 Å². The van der Waals surface area contributed by atoms with Crippen LogP contribution in [0, 0.1) is 13.8 Å². The highest BCUT2D eigenvalue weighted by Crippen LogP contribution is 2.31. The molecule has 0 radical (unpaired) electrons. The van der Waals surface area contributed by atoms with E-state index in [1.807, 2.05) is 44.2 Å². The Hall–Kier alpha value is -1.10. The van der Waals surface area contributed by atoms with Gasteiger partial charge >= 0.3 is 0 Å². The van der Waals surface area contributed by atoms with Gasteiger partial charge in [-0.3, -0.25) is 0 Å². The first-order chi connectivity index (χ1) is 9.38. The molecule has 0 bridgehead atoms. The lowest BCUT2D eigenvalue weighted by Gasteiger charge is -2.12. The van der Waals surface area contributed by atoms with Crippen molar-refractivity contribution in [3.63, 3.8) is 0 Å². The minimum Gasteiger partial charge on any atom is -0.389 e. The summed E-state index contributed by atoms with van der Waals surface area (Å²) in [6, 6.07) is 9.76. The van der Waals surface area contributed by atoms with Gasteiger partial charge in [0.2, 0.25) is 0 Å². The number of thiocarbonyl (C=S) groups is 1. The topological polar surface area (TPSA) is 38.0 Å². The van der Waals surface area contributed by atoms with Gasteiger partial charge in [-0.2, -0.15) is 0 Å². The molecule has 2 nitrogen and oxygen atoms in total. The summed E-state index contributed by atoms with van der Waals surface area (Å²) < 4.78 is 0.968. The highest BCUT2D eigenvalue weighted by atomic mass is 79.9. The normalized spacial score (nSPS) is 10.4. The highest BCUT2D eigenvalue weighted by molar-refractivity contribution is 9.10. The predicted octanol–water partition coefficient (Wildman–Crippen LogP) is 5.10. The first-order valence-electron chi connectivity index (χ1n) is 6.01. The average molecular weight is 370 g/mol. The Morgan fingerprint density at radius 3 is 2.50 bits per heavy atom. The van der Waals surface area contributed by atoms with Crippen LogP contribution < -0.4 is 11.1 Å². The summed E-state index contributed by atoms with van der Waals surface area (Å²) in [6.07, 6.45) is 0. The van der Waals surface area contributed by atoms with Gasteiger partial charge in [0.05, 0.1) is 5.69 Å². The van der Waals surface area contributed by atoms with Gasteiger partial charge in [-0.05, 0) is 71.2 Å². The van der Waals surface area contributed by atoms with Gasteiger partial charge in [-0.15, -0.1) is 0 Å². The average Bonchev–Trinajstić information content (AvgIpc) is 2.35. The SMILES string of the molecule is Cc1cc(Br)c(Nc2ccc(C(N)=S)c(C)c2)cc1Cl. The van der Waals surface area contributed by atoms with E-state index in [0.717, 1.165) is 37.6 Å². The van der Waals surface area contributed by atoms with Crippen LogP contribution >= 0.6 is 39.7 Å². The minimum atomic E-state index is 0.411. The lowest BCUT2D eigenvalue weighted by molar-refractivity contribution is 1.40. The molecule has 2 aromatic rings. The van der Waals surface area contributed by atoms with E-state index in [9.17, 15) is 0 Å². The van der Waals surface area contributed by atoms with Crippen LogP contribution in [-0.2, 0) is 0 Å². The smallest absolute Gasteiger partial charge is 0.104 e. The second kappa shape index (κ2) is 6.12. The molecular formula is C15H14BrClN2S. The molecule has 0 fully saturated rings. The fourth-order valence-corrected chi connectivity index (χ4v) is 2.87. The number of nitrogens with one attached hydrogen (secondary N) is 1. The Morgan fingerprint density at radius 2 is 1.90 bits per heavy atom. The standard InChI is InChI=1S/C15H14BrClN2S/c1-8-5-10(3-4-11(8)15(18)20)19-14-7-13(17)9(2)6-12(14)16/h3-7,19H,1-2H3,(H2,18,20). The zero-order valence-corrected chi connectivity index (χ0v) is 14.3. The van der Waals surface area contributed by atoms with E-state index in [2.05, 4.69) is 21.2 Å². The van der Waals surface area contributed by atoms with Crippen LogP contribution in [0.5, 0.6) is 0 Å². The van der Waals surface area contributed by atoms with E-state index in [4.69, 9.17) is 29.6 Å². The number of hydrogen-bond acceptors (Lipinski definition) is 2. The second-order valence-corrected chi connectivity index (χ2v) is 6.30. The first kappa shape index (κ1) is 15.3. The van der Waals surface area contributed by atoms with Gasteiger partial charge in [0.1, 0.15) is 4.99 Å². The number of benzene rings is 2.